The maximum Gasteiger partial charge on any atom is 0.153 e. The molecule has 1 saturated heterocycles. The zero-order chi connectivity index (χ0) is 15.1. The highest BCUT2D eigenvalue weighted by Gasteiger charge is 2.33. The van der Waals surface area contributed by atoms with E-state index in [1.165, 1.54) is 0 Å². The van der Waals surface area contributed by atoms with E-state index in [9.17, 15) is 5.11 Å². The molecule has 1 atom stereocenters. The largest absolute Gasteiger partial charge is 0.396 e. The van der Waals surface area contributed by atoms with Crippen molar-refractivity contribution in [3.8, 4) is 0 Å². The van der Waals surface area contributed by atoms with Gasteiger partial charge in [-0.1, -0.05) is 6.08 Å². The molecule has 1 aliphatic rings. The van der Waals surface area contributed by atoms with Crippen LogP contribution in [0.25, 0.3) is 0 Å². The molecule has 0 spiro atoms. The fraction of sp³-hybridized carbons (Fsp3) is 0.625. The zero-order valence-corrected chi connectivity index (χ0v) is 12.8. The summed E-state index contributed by atoms with van der Waals surface area (Å²) in [6.45, 7) is 7.26. The van der Waals surface area contributed by atoms with Crippen molar-refractivity contribution in [3.05, 3.63) is 36.4 Å². The molecule has 0 radical (unpaired) electrons. The van der Waals surface area contributed by atoms with Crippen molar-refractivity contribution in [2.45, 2.75) is 32.4 Å². The van der Waals surface area contributed by atoms with Crippen molar-refractivity contribution in [1.29, 1.82) is 0 Å². The summed E-state index contributed by atoms with van der Waals surface area (Å²) in [4.78, 5) is 11.0. The first kappa shape index (κ1) is 16.1. The molecule has 0 saturated carbocycles. The monoisotopic (exact) mass is 291 g/mol. The smallest absolute Gasteiger partial charge is 0.153 e. The third-order valence-electron chi connectivity index (χ3n) is 4.09. The first-order valence-electron chi connectivity index (χ1n) is 7.44. The van der Waals surface area contributed by atoms with Gasteiger partial charge in [0.25, 0.3) is 0 Å². The van der Waals surface area contributed by atoms with Gasteiger partial charge in [0.1, 0.15) is 6.61 Å². The Balaban J connectivity index is 1.97. The maximum absolute atomic E-state index is 9.74. The average Bonchev–Trinajstić information content (AvgIpc) is 2.50. The lowest BCUT2D eigenvalue weighted by molar-refractivity contribution is 0.0308. The number of rotatable bonds is 7. The van der Waals surface area contributed by atoms with E-state index in [1.807, 2.05) is 18.5 Å². The Kier molecular flexibility index (Phi) is 5.85. The Morgan fingerprint density at radius 2 is 2.24 bits per heavy atom. The van der Waals surface area contributed by atoms with Gasteiger partial charge in [0, 0.05) is 43.6 Å². The lowest BCUT2D eigenvalue weighted by Gasteiger charge is -2.41. The summed E-state index contributed by atoms with van der Waals surface area (Å²) in [5.41, 5.74) is 1.07. The van der Waals surface area contributed by atoms with Crippen molar-refractivity contribution in [2.24, 2.45) is 5.41 Å². The molecule has 2 heterocycles. The zero-order valence-electron chi connectivity index (χ0n) is 12.8. The lowest BCUT2D eigenvalue weighted by Crippen LogP contribution is -2.44. The van der Waals surface area contributed by atoms with Crippen LogP contribution in [-0.2, 0) is 17.9 Å². The lowest BCUT2D eigenvalue weighted by atomic mass is 9.78. The van der Waals surface area contributed by atoms with E-state index < -0.39 is 0 Å². The van der Waals surface area contributed by atoms with Crippen molar-refractivity contribution >= 4 is 0 Å². The SMILES string of the molecule is C=CCC1(CO)CCCN(Cc2cnc(COC)nc2)C1. The molecule has 1 aromatic heterocycles. The van der Waals surface area contributed by atoms with E-state index in [1.54, 1.807) is 7.11 Å². The van der Waals surface area contributed by atoms with Gasteiger partial charge in [0.15, 0.2) is 5.82 Å². The van der Waals surface area contributed by atoms with Gasteiger partial charge in [-0.05, 0) is 25.8 Å². The number of methoxy groups -OCH3 is 1. The van der Waals surface area contributed by atoms with Crippen LogP contribution in [0.4, 0.5) is 0 Å². The highest BCUT2D eigenvalue weighted by atomic mass is 16.5. The molecule has 1 N–H and O–H groups in total. The maximum atomic E-state index is 9.74. The van der Waals surface area contributed by atoms with E-state index >= 15 is 0 Å². The summed E-state index contributed by atoms with van der Waals surface area (Å²) < 4.78 is 5.01. The first-order valence-corrected chi connectivity index (χ1v) is 7.44. The highest BCUT2D eigenvalue weighted by Crippen LogP contribution is 2.33. The predicted molar refractivity (Wildman–Crippen MR) is 81.6 cm³/mol. The van der Waals surface area contributed by atoms with Crippen LogP contribution >= 0.6 is 0 Å². The number of piperidine rings is 1. The second-order valence-corrected chi connectivity index (χ2v) is 5.91. The van der Waals surface area contributed by atoms with Gasteiger partial charge in [0.05, 0.1) is 6.61 Å². The van der Waals surface area contributed by atoms with E-state index in [2.05, 4.69) is 21.4 Å². The molecule has 0 aromatic carbocycles. The quantitative estimate of drug-likeness (QED) is 0.776. The molecule has 0 amide bonds. The average molecular weight is 291 g/mol. The Morgan fingerprint density at radius 3 is 2.86 bits per heavy atom. The fourth-order valence-electron chi connectivity index (χ4n) is 3.04. The van der Waals surface area contributed by atoms with Gasteiger partial charge >= 0.3 is 0 Å². The van der Waals surface area contributed by atoms with Gasteiger partial charge in [-0.15, -0.1) is 6.58 Å². The number of aliphatic hydroxyl groups excluding tert-OH is 1. The van der Waals surface area contributed by atoms with Crippen LogP contribution in [0.3, 0.4) is 0 Å². The number of ether oxygens (including phenoxy) is 1. The number of aliphatic hydroxyl groups is 1. The molecule has 5 heteroatoms. The highest BCUT2D eigenvalue weighted by molar-refractivity contribution is 5.06. The predicted octanol–water partition coefficient (Wildman–Crippen LogP) is 1.77. The molecular formula is C16H25N3O2. The van der Waals surface area contributed by atoms with Gasteiger partial charge < -0.3 is 9.84 Å². The number of hydrogen-bond acceptors (Lipinski definition) is 5. The van der Waals surface area contributed by atoms with Crippen LogP contribution in [0.15, 0.2) is 25.0 Å². The third kappa shape index (κ3) is 4.33. The summed E-state index contributed by atoms with van der Waals surface area (Å²) in [7, 11) is 1.64. The van der Waals surface area contributed by atoms with Crippen LogP contribution in [0, 0.1) is 5.41 Å². The van der Waals surface area contributed by atoms with Crippen molar-refractivity contribution in [3.63, 3.8) is 0 Å². The molecule has 1 aromatic rings. The van der Waals surface area contributed by atoms with Crippen molar-refractivity contribution < 1.29 is 9.84 Å². The molecule has 1 aliphatic heterocycles. The van der Waals surface area contributed by atoms with E-state index in [0.29, 0.717) is 12.4 Å². The van der Waals surface area contributed by atoms with Gasteiger partial charge in [0.2, 0.25) is 0 Å². The number of likely N-dealkylation sites (tertiary alicyclic amines) is 1. The second kappa shape index (κ2) is 7.64. The third-order valence-corrected chi connectivity index (χ3v) is 4.09. The fourth-order valence-corrected chi connectivity index (χ4v) is 3.04. The number of allylic oxidation sites excluding steroid dienone is 1. The van der Waals surface area contributed by atoms with Crippen LogP contribution in [-0.4, -0.2) is 46.8 Å². The number of nitrogens with zero attached hydrogens (tertiary/aromatic N) is 3. The summed E-state index contributed by atoms with van der Waals surface area (Å²) in [6, 6.07) is 0. The Labute approximate surface area is 126 Å². The van der Waals surface area contributed by atoms with Crippen molar-refractivity contribution in [1.82, 2.24) is 14.9 Å². The summed E-state index contributed by atoms with van der Waals surface area (Å²) in [5, 5.41) is 9.74. The van der Waals surface area contributed by atoms with E-state index in [0.717, 1.165) is 44.5 Å². The number of aromatic nitrogens is 2. The molecule has 21 heavy (non-hydrogen) atoms. The Bertz CT molecular complexity index is 449. The van der Waals surface area contributed by atoms with Crippen LogP contribution in [0.1, 0.15) is 30.7 Å². The van der Waals surface area contributed by atoms with Crippen molar-refractivity contribution in [2.75, 3.05) is 26.8 Å². The molecule has 5 nitrogen and oxygen atoms in total. The summed E-state index contributed by atoms with van der Waals surface area (Å²) in [5.74, 6) is 0.705. The van der Waals surface area contributed by atoms with Gasteiger partial charge in [-0.25, -0.2) is 9.97 Å². The van der Waals surface area contributed by atoms with Crippen LogP contribution in [0.5, 0.6) is 0 Å². The second-order valence-electron chi connectivity index (χ2n) is 5.91. The first-order chi connectivity index (χ1) is 10.2. The standard InChI is InChI=1S/C16H25N3O2/c1-3-5-16(13-20)6-4-7-19(12-16)10-14-8-17-15(11-21-2)18-9-14/h3,8-9,20H,1,4-7,10-13H2,2H3. The van der Waals surface area contributed by atoms with E-state index in [-0.39, 0.29) is 12.0 Å². The summed E-state index contributed by atoms with van der Waals surface area (Å²) >= 11 is 0. The summed E-state index contributed by atoms with van der Waals surface area (Å²) in [6.07, 6.45) is 8.69. The molecule has 116 valence electrons. The Hall–Kier alpha value is -1.30. The number of hydrogen-bond donors (Lipinski definition) is 1. The van der Waals surface area contributed by atoms with Crippen LogP contribution in [0.2, 0.25) is 0 Å². The minimum atomic E-state index is -0.0309. The minimum Gasteiger partial charge on any atom is -0.396 e. The molecule has 1 fully saturated rings. The van der Waals surface area contributed by atoms with Gasteiger partial charge in [-0.2, -0.15) is 0 Å². The molecule has 2 rings (SSSR count). The Morgan fingerprint density at radius 1 is 1.48 bits per heavy atom. The normalized spacial score (nSPS) is 23.1. The van der Waals surface area contributed by atoms with Gasteiger partial charge in [-0.3, -0.25) is 4.90 Å². The van der Waals surface area contributed by atoms with E-state index in [4.69, 9.17) is 4.74 Å². The molecule has 0 bridgehead atoms. The van der Waals surface area contributed by atoms with Crippen LogP contribution < -0.4 is 0 Å². The minimum absolute atomic E-state index is 0.0309. The molecule has 0 aliphatic carbocycles. The topological polar surface area (TPSA) is 58.5 Å². The molecule has 1 unspecified atom stereocenters. The molecular weight excluding hydrogens is 266 g/mol.